The molecule has 1 unspecified atom stereocenters. The second kappa shape index (κ2) is 5.23. The van der Waals surface area contributed by atoms with Crippen LogP contribution in [0.5, 0.6) is 5.75 Å². The van der Waals surface area contributed by atoms with Crippen LogP contribution in [0.3, 0.4) is 0 Å². The first kappa shape index (κ1) is 13.1. The van der Waals surface area contributed by atoms with Crippen molar-refractivity contribution in [1.82, 2.24) is 4.98 Å². The Morgan fingerprint density at radius 3 is 2.68 bits per heavy atom. The standard InChI is InChI=1S/C14H12Br2N2O/c15-8-1-3-10-11(17)6-14(19-13(10)5-8)12-4-2-9(16)7-18-12/h1-5,7,11,14H,6,17H2/t11-,14?/m0/s1. The third-order valence-corrected chi connectivity index (χ3v) is 4.15. The lowest BCUT2D eigenvalue weighted by Gasteiger charge is -2.30. The summed E-state index contributed by atoms with van der Waals surface area (Å²) in [5.74, 6) is 0.836. The van der Waals surface area contributed by atoms with Crippen molar-refractivity contribution in [3.05, 3.63) is 56.7 Å². The van der Waals surface area contributed by atoms with Crippen LogP contribution in [0.25, 0.3) is 0 Å². The lowest BCUT2D eigenvalue weighted by molar-refractivity contribution is 0.157. The number of benzene rings is 1. The number of nitrogens with two attached hydrogens (primary N) is 1. The summed E-state index contributed by atoms with van der Waals surface area (Å²) in [6, 6.07) is 9.86. The van der Waals surface area contributed by atoms with Crippen molar-refractivity contribution < 1.29 is 4.74 Å². The summed E-state index contributed by atoms with van der Waals surface area (Å²) in [6.07, 6.45) is 2.43. The molecule has 3 rings (SSSR count). The van der Waals surface area contributed by atoms with Crippen molar-refractivity contribution in [3.8, 4) is 5.75 Å². The van der Waals surface area contributed by atoms with E-state index in [2.05, 4.69) is 36.8 Å². The van der Waals surface area contributed by atoms with Gasteiger partial charge in [-0.3, -0.25) is 4.98 Å². The first-order valence-electron chi connectivity index (χ1n) is 5.96. The molecular weight excluding hydrogens is 372 g/mol. The van der Waals surface area contributed by atoms with Gasteiger partial charge in [0.1, 0.15) is 11.9 Å². The number of hydrogen-bond donors (Lipinski definition) is 1. The first-order valence-corrected chi connectivity index (χ1v) is 7.55. The van der Waals surface area contributed by atoms with Crippen LogP contribution in [-0.4, -0.2) is 4.98 Å². The number of ether oxygens (including phenoxy) is 1. The maximum atomic E-state index is 6.22. The third-order valence-electron chi connectivity index (χ3n) is 3.19. The van der Waals surface area contributed by atoms with E-state index in [0.717, 1.165) is 32.4 Å². The van der Waals surface area contributed by atoms with Crippen molar-refractivity contribution >= 4 is 31.9 Å². The van der Waals surface area contributed by atoms with Crippen molar-refractivity contribution in [2.24, 2.45) is 5.73 Å². The summed E-state index contributed by atoms with van der Waals surface area (Å²) in [6.45, 7) is 0. The topological polar surface area (TPSA) is 48.1 Å². The number of rotatable bonds is 1. The second-order valence-corrected chi connectivity index (χ2v) is 6.36. The molecule has 0 saturated heterocycles. The number of hydrogen-bond acceptors (Lipinski definition) is 3. The molecule has 3 nitrogen and oxygen atoms in total. The SMILES string of the molecule is N[C@H]1CC(c2ccc(Br)cn2)Oc2cc(Br)ccc21. The number of pyridine rings is 1. The first-order chi connectivity index (χ1) is 9.13. The van der Waals surface area contributed by atoms with Gasteiger partial charge in [0.25, 0.3) is 0 Å². The van der Waals surface area contributed by atoms with Gasteiger partial charge in [-0.2, -0.15) is 0 Å². The highest BCUT2D eigenvalue weighted by atomic mass is 79.9. The van der Waals surface area contributed by atoms with Crippen molar-refractivity contribution in [3.63, 3.8) is 0 Å². The smallest absolute Gasteiger partial charge is 0.142 e. The van der Waals surface area contributed by atoms with Crippen LogP contribution in [0, 0.1) is 0 Å². The van der Waals surface area contributed by atoms with Gasteiger partial charge in [0.15, 0.2) is 0 Å². The van der Waals surface area contributed by atoms with E-state index < -0.39 is 0 Å². The van der Waals surface area contributed by atoms with E-state index in [4.69, 9.17) is 10.5 Å². The van der Waals surface area contributed by atoms with Crippen LogP contribution >= 0.6 is 31.9 Å². The Bertz CT molecular complexity index is 601. The molecule has 0 amide bonds. The number of aromatic nitrogens is 1. The van der Waals surface area contributed by atoms with E-state index >= 15 is 0 Å². The van der Waals surface area contributed by atoms with E-state index in [0.29, 0.717) is 0 Å². The molecule has 2 heterocycles. The quantitative estimate of drug-likeness (QED) is 0.805. The molecule has 0 spiro atoms. The molecule has 0 fully saturated rings. The van der Waals surface area contributed by atoms with Crippen LogP contribution in [0.2, 0.25) is 0 Å². The Balaban J connectivity index is 1.93. The molecule has 0 bridgehead atoms. The molecule has 19 heavy (non-hydrogen) atoms. The average molecular weight is 384 g/mol. The summed E-state index contributed by atoms with van der Waals surface area (Å²) >= 11 is 6.84. The van der Waals surface area contributed by atoms with Crippen LogP contribution in [0.4, 0.5) is 0 Å². The Kier molecular flexibility index (Phi) is 3.60. The van der Waals surface area contributed by atoms with Gasteiger partial charge in [-0.25, -0.2) is 0 Å². The van der Waals surface area contributed by atoms with E-state index in [1.807, 2.05) is 30.3 Å². The van der Waals surface area contributed by atoms with Gasteiger partial charge in [0.05, 0.1) is 5.69 Å². The van der Waals surface area contributed by atoms with Gasteiger partial charge in [0.2, 0.25) is 0 Å². The highest BCUT2D eigenvalue weighted by Crippen LogP contribution is 2.40. The average Bonchev–Trinajstić information content (AvgIpc) is 2.38. The molecule has 2 atom stereocenters. The minimum atomic E-state index is -0.0927. The summed E-state index contributed by atoms with van der Waals surface area (Å²) < 4.78 is 7.97. The van der Waals surface area contributed by atoms with Crippen molar-refractivity contribution in [2.45, 2.75) is 18.6 Å². The second-order valence-electron chi connectivity index (χ2n) is 4.53. The van der Waals surface area contributed by atoms with Crippen LogP contribution in [0.15, 0.2) is 45.5 Å². The Morgan fingerprint density at radius 2 is 1.95 bits per heavy atom. The molecule has 1 aliphatic rings. The summed E-state index contributed by atoms with van der Waals surface area (Å²) in [7, 11) is 0. The molecule has 1 aromatic heterocycles. The highest BCUT2D eigenvalue weighted by molar-refractivity contribution is 9.10. The lowest BCUT2D eigenvalue weighted by Crippen LogP contribution is -2.24. The van der Waals surface area contributed by atoms with E-state index in [-0.39, 0.29) is 12.1 Å². The Labute approximate surface area is 128 Å². The van der Waals surface area contributed by atoms with Gasteiger partial charge in [-0.15, -0.1) is 0 Å². The molecule has 1 aromatic carbocycles. The molecule has 0 saturated carbocycles. The summed E-state index contributed by atoms with van der Waals surface area (Å²) in [4.78, 5) is 4.39. The van der Waals surface area contributed by atoms with Gasteiger partial charge < -0.3 is 10.5 Å². The zero-order valence-corrected chi connectivity index (χ0v) is 13.2. The maximum absolute atomic E-state index is 6.22. The minimum Gasteiger partial charge on any atom is -0.484 e. The van der Waals surface area contributed by atoms with Gasteiger partial charge >= 0.3 is 0 Å². The van der Waals surface area contributed by atoms with Gasteiger partial charge in [0, 0.05) is 33.2 Å². The lowest BCUT2D eigenvalue weighted by atomic mass is 9.96. The van der Waals surface area contributed by atoms with E-state index in [1.54, 1.807) is 6.20 Å². The fraction of sp³-hybridized carbons (Fsp3) is 0.214. The molecular formula is C14H12Br2N2O. The van der Waals surface area contributed by atoms with Crippen molar-refractivity contribution in [1.29, 1.82) is 0 Å². The zero-order valence-electron chi connectivity index (χ0n) is 10.0. The third kappa shape index (κ3) is 2.68. The zero-order chi connectivity index (χ0) is 13.4. The van der Waals surface area contributed by atoms with E-state index in [1.165, 1.54) is 0 Å². The molecule has 5 heteroatoms. The highest BCUT2D eigenvalue weighted by Gasteiger charge is 2.27. The number of nitrogens with zero attached hydrogens (tertiary/aromatic N) is 1. The van der Waals surface area contributed by atoms with E-state index in [9.17, 15) is 0 Å². The molecule has 98 valence electrons. The fourth-order valence-corrected chi connectivity index (χ4v) is 2.81. The van der Waals surface area contributed by atoms with Crippen LogP contribution in [0.1, 0.15) is 29.8 Å². The Morgan fingerprint density at radius 1 is 1.16 bits per heavy atom. The van der Waals surface area contributed by atoms with Crippen molar-refractivity contribution in [2.75, 3.05) is 0 Å². The monoisotopic (exact) mass is 382 g/mol. The predicted octanol–water partition coefficient (Wildman–Crippen LogP) is 4.13. The largest absolute Gasteiger partial charge is 0.484 e. The molecule has 0 aliphatic carbocycles. The normalized spacial score (nSPS) is 21.6. The molecule has 2 aromatic rings. The van der Waals surface area contributed by atoms with Gasteiger partial charge in [-0.05, 0) is 40.2 Å². The Hall–Kier alpha value is -0.910. The maximum Gasteiger partial charge on any atom is 0.142 e. The molecule has 1 aliphatic heterocycles. The molecule has 0 radical (unpaired) electrons. The summed E-state index contributed by atoms with van der Waals surface area (Å²) in [5, 5.41) is 0. The van der Waals surface area contributed by atoms with Crippen LogP contribution < -0.4 is 10.5 Å². The minimum absolute atomic E-state index is 0.0210. The van der Waals surface area contributed by atoms with Gasteiger partial charge in [-0.1, -0.05) is 22.0 Å². The number of halogens is 2. The predicted molar refractivity (Wildman–Crippen MR) is 81.0 cm³/mol. The van der Waals surface area contributed by atoms with Crippen LogP contribution in [-0.2, 0) is 0 Å². The number of fused-ring (bicyclic) bond motifs is 1. The molecule has 2 N–H and O–H groups in total. The fourth-order valence-electron chi connectivity index (χ4n) is 2.23. The summed E-state index contributed by atoms with van der Waals surface area (Å²) in [5.41, 5.74) is 8.18.